The summed E-state index contributed by atoms with van der Waals surface area (Å²) >= 11 is 2.48. The van der Waals surface area contributed by atoms with Gasteiger partial charge in [-0.15, -0.1) is 0 Å². The summed E-state index contributed by atoms with van der Waals surface area (Å²) in [6.07, 6.45) is 1.19. The molecule has 9 heavy (non-hydrogen) atoms. The van der Waals surface area contributed by atoms with Gasteiger partial charge in [0.15, 0.2) is 0 Å². The Morgan fingerprint density at radius 2 is 2.44 bits per heavy atom. The van der Waals surface area contributed by atoms with Crippen molar-refractivity contribution in [1.29, 1.82) is 0 Å². The molecule has 1 heterocycles. The maximum atomic E-state index is 5.28. The number of halogens is 1. The lowest BCUT2D eigenvalue weighted by Crippen LogP contribution is -2.42. The van der Waals surface area contributed by atoms with Gasteiger partial charge in [0.05, 0.1) is 6.61 Å². The van der Waals surface area contributed by atoms with Crippen molar-refractivity contribution in [2.75, 3.05) is 20.3 Å². The quantitative estimate of drug-likeness (QED) is 0.541. The first kappa shape index (κ1) is 7.75. The van der Waals surface area contributed by atoms with Gasteiger partial charge in [0.25, 0.3) is 0 Å². The number of hydrogen-bond acceptors (Lipinski definition) is 2. The van der Waals surface area contributed by atoms with Crippen molar-refractivity contribution in [2.45, 2.75) is 16.4 Å². The summed E-state index contributed by atoms with van der Waals surface area (Å²) in [5.41, 5.74) is 0. The normalized spacial score (nSPS) is 36.7. The molecule has 0 radical (unpaired) electrons. The van der Waals surface area contributed by atoms with Gasteiger partial charge in [0, 0.05) is 16.6 Å². The standard InChI is InChI=1S/C6H12INO/c1-8-6-4-9-3-2-5(6)7/h5-6,8H,2-4H2,1H3. The van der Waals surface area contributed by atoms with Crippen LogP contribution in [-0.2, 0) is 4.74 Å². The van der Waals surface area contributed by atoms with Gasteiger partial charge < -0.3 is 10.1 Å². The Balaban J connectivity index is 2.30. The van der Waals surface area contributed by atoms with Crippen molar-refractivity contribution in [3.8, 4) is 0 Å². The summed E-state index contributed by atoms with van der Waals surface area (Å²) in [4.78, 5) is 0. The van der Waals surface area contributed by atoms with Gasteiger partial charge in [0.2, 0.25) is 0 Å². The van der Waals surface area contributed by atoms with Crippen LogP contribution in [-0.4, -0.2) is 30.2 Å². The molecule has 54 valence electrons. The fraction of sp³-hybridized carbons (Fsp3) is 1.00. The summed E-state index contributed by atoms with van der Waals surface area (Å²) < 4.78 is 6.03. The van der Waals surface area contributed by atoms with E-state index in [-0.39, 0.29) is 0 Å². The highest BCUT2D eigenvalue weighted by Gasteiger charge is 2.20. The van der Waals surface area contributed by atoms with E-state index in [2.05, 4.69) is 27.9 Å². The summed E-state index contributed by atoms with van der Waals surface area (Å²) in [5.74, 6) is 0. The lowest BCUT2D eigenvalue weighted by Gasteiger charge is -2.26. The van der Waals surface area contributed by atoms with E-state index in [4.69, 9.17) is 4.74 Å². The first-order chi connectivity index (χ1) is 4.34. The van der Waals surface area contributed by atoms with Gasteiger partial charge in [-0.05, 0) is 13.5 Å². The van der Waals surface area contributed by atoms with Gasteiger partial charge in [-0.1, -0.05) is 22.6 Å². The van der Waals surface area contributed by atoms with Crippen LogP contribution in [0.1, 0.15) is 6.42 Å². The third-order valence-corrected chi connectivity index (χ3v) is 3.13. The zero-order valence-electron chi connectivity index (χ0n) is 5.56. The Hall–Kier alpha value is 0.650. The third-order valence-electron chi connectivity index (χ3n) is 1.64. The lowest BCUT2D eigenvalue weighted by molar-refractivity contribution is 0.0795. The predicted octanol–water partition coefficient (Wildman–Crippen LogP) is 0.798. The second-order valence-corrected chi connectivity index (χ2v) is 3.87. The van der Waals surface area contributed by atoms with Gasteiger partial charge in [-0.3, -0.25) is 0 Å². The number of alkyl halides is 1. The number of rotatable bonds is 1. The van der Waals surface area contributed by atoms with E-state index in [0.29, 0.717) is 6.04 Å². The molecule has 2 atom stereocenters. The average molecular weight is 241 g/mol. The number of hydrogen-bond donors (Lipinski definition) is 1. The van der Waals surface area contributed by atoms with Crippen LogP contribution in [0.25, 0.3) is 0 Å². The van der Waals surface area contributed by atoms with E-state index in [1.807, 2.05) is 7.05 Å². The molecule has 1 N–H and O–H groups in total. The molecule has 1 aliphatic heterocycles. The van der Waals surface area contributed by atoms with Crippen LogP contribution in [0.15, 0.2) is 0 Å². The number of nitrogens with one attached hydrogen (secondary N) is 1. The molecule has 1 fully saturated rings. The largest absolute Gasteiger partial charge is 0.380 e. The molecule has 0 amide bonds. The summed E-state index contributed by atoms with van der Waals surface area (Å²) in [6, 6.07) is 0.569. The monoisotopic (exact) mass is 241 g/mol. The molecular formula is C6H12INO. The van der Waals surface area contributed by atoms with Crippen molar-refractivity contribution in [2.24, 2.45) is 0 Å². The third kappa shape index (κ3) is 2.05. The molecule has 0 aromatic rings. The van der Waals surface area contributed by atoms with E-state index >= 15 is 0 Å². The van der Waals surface area contributed by atoms with Gasteiger partial charge in [-0.2, -0.15) is 0 Å². The van der Waals surface area contributed by atoms with E-state index in [1.165, 1.54) is 6.42 Å². The summed E-state index contributed by atoms with van der Waals surface area (Å²) in [7, 11) is 1.99. The SMILES string of the molecule is CNC1COCCC1I. The van der Waals surface area contributed by atoms with Gasteiger partial charge in [-0.25, -0.2) is 0 Å². The highest BCUT2D eigenvalue weighted by atomic mass is 127. The Labute approximate surface area is 69.5 Å². The maximum Gasteiger partial charge on any atom is 0.0629 e. The van der Waals surface area contributed by atoms with Crippen molar-refractivity contribution in [1.82, 2.24) is 5.32 Å². The molecule has 0 spiro atoms. The van der Waals surface area contributed by atoms with Crippen LogP contribution in [0, 0.1) is 0 Å². The van der Waals surface area contributed by atoms with Crippen molar-refractivity contribution in [3.63, 3.8) is 0 Å². The Kier molecular flexibility index (Phi) is 3.21. The minimum absolute atomic E-state index is 0.569. The summed E-state index contributed by atoms with van der Waals surface area (Å²) in [5, 5.41) is 3.22. The van der Waals surface area contributed by atoms with Gasteiger partial charge in [0.1, 0.15) is 0 Å². The van der Waals surface area contributed by atoms with E-state index < -0.39 is 0 Å². The Morgan fingerprint density at radius 3 is 2.89 bits per heavy atom. The maximum absolute atomic E-state index is 5.28. The summed E-state index contributed by atoms with van der Waals surface area (Å²) in [6.45, 7) is 1.82. The topological polar surface area (TPSA) is 21.3 Å². The molecule has 0 aromatic carbocycles. The van der Waals surface area contributed by atoms with Crippen LogP contribution in [0.5, 0.6) is 0 Å². The molecule has 0 aliphatic carbocycles. The second-order valence-electron chi connectivity index (χ2n) is 2.27. The van der Waals surface area contributed by atoms with Crippen LogP contribution in [0.2, 0.25) is 0 Å². The highest BCUT2D eigenvalue weighted by molar-refractivity contribution is 14.1. The molecule has 2 nitrogen and oxygen atoms in total. The van der Waals surface area contributed by atoms with E-state index in [1.54, 1.807) is 0 Å². The van der Waals surface area contributed by atoms with Gasteiger partial charge >= 0.3 is 0 Å². The first-order valence-corrected chi connectivity index (χ1v) is 4.48. The van der Waals surface area contributed by atoms with Crippen LogP contribution < -0.4 is 5.32 Å². The Morgan fingerprint density at radius 1 is 1.67 bits per heavy atom. The van der Waals surface area contributed by atoms with Crippen LogP contribution in [0.3, 0.4) is 0 Å². The zero-order valence-corrected chi connectivity index (χ0v) is 7.72. The molecule has 1 aliphatic rings. The van der Waals surface area contributed by atoms with E-state index in [9.17, 15) is 0 Å². The molecule has 0 aromatic heterocycles. The average Bonchev–Trinajstić information content (AvgIpc) is 1.89. The second kappa shape index (κ2) is 3.73. The number of ether oxygens (including phenoxy) is 1. The fourth-order valence-corrected chi connectivity index (χ4v) is 1.80. The fourth-order valence-electron chi connectivity index (χ4n) is 0.976. The minimum Gasteiger partial charge on any atom is -0.380 e. The van der Waals surface area contributed by atoms with Crippen LogP contribution in [0.4, 0.5) is 0 Å². The molecule has 2 unspecified atom stereocenters. The zero-order chi connectivity index (χ0) is 6.69. The smallest absolute Gasteiger partial charge is 0.0629 e. The molecule has 3 heteroatoms. The highest BCUT2D eigenvalue weighted by Crippen LogP contribution is 2.15. The van der Waals surface area contributed by atoms with Crippen molar-refractivity contribution in [3.05, 3.63) is 0 Å². The molecule has 1 rings (SSSR count). The first-order valence-electron chi connectivity index (χ1n) is 3.23. The van der Waals surface area contributed by atoms with E-state index in [0.717, 1.165) is 17.1 Å². The van der Waals surface area contributed by atoms with Crippen molar-refractivity contribution < 1.29 is 4.74 Å². The van der Waals surface area contributed by atoms with Crippen molar-refractivity contribution >= 4 is 22.6 Å². The molecular weight excluding hydrogens is 229 g/mol. The number of likely N-dealkylation sites (N-methyl/N-ethyl adjacent to an activating group) is 1. The lowest BCUT2D eigenvalue weighted by atomic mass is 10.1. The molecule has 1 saturated heterocycles. The predicted molar refractivity (Wildman–Crippen MR) is 46.1 cm³/mol. The minimum atomic E-state index is 0.569. The van der Waals surface area contributed by atoms with Crippen LogP contribution >= 0.6 is 22.6 Å². The molecule has 0 saturated carbocycles. The Bertz CT molecular complexity index is 89.1. The molecule has 0 bridgehead atoms.